The number of halogens is 1. The van der Waals surface area contributed by atoms with E-state index in [2.05, 4.69) is 20.7 Å². The highest BCUT2D eigenvalue weighted by molar-refractivity contribution is 9.10. The molecule has 0 bridgehead atoms. The third-order valence-electron chi connectivity index (χ3n) is 1.98. The number of methoxy groups -OCH3 is 1. The van der Waals surface area contributed by atoms with Crippen LogP contribution < -0.4 is 0 Å². The maximum atomic E-state index is 11.3. The van der Waals surface area contributed by atoms with Gasteiger partial charge in [0.25, 0.3) is 0 Å². The Morgan fingerprint density at radius 2 is 2.00 bits per heavy atom. The number of rotatable bonds is 1. The fourth-order valence-electron chi connectivity index (χ4n) is 1.15. The molecule has 0 radical (unpaired) electrons. The van der Waals surface area contributed by atoms with Crippen LogP contribution in [0.2, 0.25) is 0 Å². The van der Waals surface area contributed by atoms with E-state index in [9.17, 15) is 4.79 Å². The first-order chi connectivity index (χ1) is 6.07. The van der Waals surface area contributed by atoms with Gasteiger partial charge in [-0.05, 0) is 31.0 Å². The molecule has 0 saturated heterocycles. The van der Waals surface area contributed by atoms with Gasteiger partial charge in [0.2, 0.25) is 0 Å². The quantitative estimate of drug-likeness (QED) is 0.709. The second-order valence-corrected chi connectivity index (χ2v) is 3.65. The molecule has 2 nitrogen and oxygen atoms in total. The molecule has 0 aliphatic carbocycles. The number of ether oxygens (including phenoxy) is 1. The van der Waals surface area contributed by atoms with Gasteiger partial charge in [0, 0.05) is 4.47 Å². The van der Waals surface area contributed by atoms with Crippen LogP contribution in [0.1, 0.15) is 21.5 Å². The minimum atomic E-state index is -0.293. The SMILES string of the molecule is COC(=O)c1ccc(C)c(Br)c1C. The van der Waals surface area contributed by atoms with Crippen LogP contribution in [0.5, 0.6) is 0 Å². The first-order valence-corrected chi connectivity index (χ1v) is 4.71. The van der Waals surface area contributed by atoms with E-state index in [1.807, 2.05) is 19.9 Å². The van der Waals surface area contributed by atoms with Crippen molar-refractivity contribution >= 4 is 21.9 Å². The van der Waals surface area contributed by atoms with Crippen LogP contribution in [0.25, 0.3) is 0 Å². The minimum absolute atomic E-state index is 0.293. The van der Waals surface area contributed by atoms with Crippen LogP contribution in [0, 0.1) is 13.8 Å². The van der Waals surface area contributed by atoms with Gasteiger partial charge in [0.1, 0.15) is 0 Å². The molecule has 70 valence electrons. The van der Waals surface area contributed by atoms with Gasteiger partial charge in [-0.3, -0.25) is 0 Å². The Morgan fingerprint density at radius 3 is 2.54 bits per heavy atom. The van der Waals surface area contributed by atoms with Gasteiger partial charge in [-0.15, -0.1) is 0 Å². The lowest BCUT2D eigenvalue weighted by Crippen LogP contribution is -2.04. The van der Waals surface area contributed by atoms with Gasteiger partial charge in [0.05, 0.1) is 12.7 Å². The summed E-state index contributed by atoms with van der Waals surface area (Å²) in [5.74, 6) is -0.293. The number of hydrogen-bond donors (Lipinski definition) is 0. The van der Waals surface area contributed by atoms with Gasteiger partial charge in [-0.25, -0.2) is 4.79 Å². The Morgan fingerprint density at radius 1 is 1.38 bits per heavy atom. The molecular formula is C10H11BrO2. The summed E-state index contributed by atoms with van der Waals surface area (Å²) in [6, 6.07) is 3.67. The summed E-state index contributed by atoms with van der Waals surface area (Å²) < 4.78 is 5.62. The molecule has 0 unspecified atom stereocenters. The summed E-state index contributed by atoms with van der Waals surface area (Å²) in [6.45, 7) is 3.88. The molecule has 0 N–H and O–H groups in total. The second kappa shape index (κ2) is 3.92. The number of aryl methyl sites for hydroxylation is 1. The van der Waals surface area contributed by atoms with E-state index in [4.69, 9.17) is 0 Å². The van der Waals surface area contributed by atoms with Gasteiger partial charge in [-0.1, -0.05) is 22.0 Å². The standard InChI is InChI=1S/C10H11BrO2/c1-6-4-5-8(10(12)13-3)7(2)9(6)11/h4-5H,1-3H3. The van der Waals surface area contributed by atoms with E-state index in [1.165, 1.54) is 7.11 Å². The van der Waals surface area contributed by atoms with Crippen LogP contribution in [0.15, 0.2) is 16.6 Å². The third-order valence-corrected chi connectivity index (χ3v) is 3.20. The van der Waals surface area contributed by atoms with Gasteiger partial charge < -0.3 is 4.74 Å². The molecule has 1 aromatic rings. The number of esters is 1. The molecule has 0 atom stereocenters. The fourth-order valence-corrected chi connectivity index (χ4v) is 1.50. The van der Waals surface area contributed by atoms with Crippen molar-refractivity contribution in [2.45, 2.75) is 13.8 Å². The zero-order chi connectivity index (χ0) is 10.0. The average Bonchev–Trinajstić information content (AvgIpc) is 2.13. The van der Waals surface area contributed by atoms with Crippen LogP contribution in [0.3, 0.4) is 0 Å². The largest absolute Gasteiger partial charge is 0.465 e. The lowest BCUT2D eigenvalue weighted by Gasteiger charge is -2.07. The van der Waals surface area contributed by atoms with Gasteiger partial charge in [0.15, 0.2) is 0 Å². The van der Waals surface area contributed by atoms with Crippen LogP contribution >= 0.6 is 15.9 Å². The van der Waals surface area contributed by atoms with E-state index in [1.54, 1.807) is 6.07 Å². The molecule has 3 heteroatoms. The average molecular weight is 243 g/mol. The van der Waals surface area contributed by atoms with Crippen LogP contribution in [-0.2, 0) is 4.74 Å². The zero-order valence-electron chi connectivity index (χ0n) is 7.85. The molecule has 0 aliphatic rings. The number of benzene rings is 1. The topological polar surface area (TPSA) is 26.3 Å². The predicted octanol–water partition coefficient (Wildman–Crippen LogP) is 2.85. The fraction of sp³-hybridized carbons (Fsp3) is 0.300. The van der Waals surface area contributed by atoms with Crippen molar-refractivity contribution in [1.29, 1.82) is 0 Å². The van der Waals surface area contributed by atoms with Crippen molar-refractivity contribution < 1.29 is 9.53 Å². The van der Waals surface area contributed by atoms with Gasteiger partial charge >= 0.3 is 5.97 Å². The predicted molar refractivity (Wildman–Crippen MR) is 55.0 cm³/mol. The van der Waals surface area contributed by atoms with Crippen molar-refractivity contribution in [2.24, 2.45) is 0 Å². The van der Waals surface area contributed by atoms with Crippen molar-refractivity contribution in [2.75, 3.05) is 7.11 Å². The third kappa shape index (κ3) is 1.91. The Labute approximate surface area is 86.0 Å². The molecular weight excluding hydrogens is 232 g/mol. The Kier molecular flexibility index (Phi) is 3.09. The smallest absolute Gasteiger partial charge is 0.338 e. The highest BCUT2D eigenvalue weighted by Crippen LogP contribution is 2.24. The Hall–Kier alpha value is -0.830. The minimum Gasteiger partial charge on any atom is -0.465 e. The highest BCUT2D eigenvalue weighted by atomic mass is 79.9. The zero-order valence-corrected chi connectivity index (χ0v) is 9.44. The lowest BCUT2D eigenvalue weighted by atomic mass is 10.1. The first kappa shape index (κ1) is 10.3. The van der Waals surface area contributed by atoms with Crippen molar-refractivity contribution in [3.05, 3.63) is 33.3 Å². The first-order valence-electron chi connectivity index (χ1n) is 3.92. The maximum absolute atomic E-state index is 11.3. The van der Waals surface area contributed by atoms with Crippen molar-refractivity contribution in [3.8, 4) is 0 Å². The lowest BCUT2D eigenvalue weighted by molar-refractivity contribution is 0.0600. The number of carbonyl (C=O) groups is 1. The monoisotopic (exact) mass is 242 g/mol. The summed E-state index contributed by atoms with van der Waals surface area (Å²) in [7, 11) is 1.38. The molecule has 0 aromatic heterocycles. The van der Waals surface area contributed by atoms with Crippen LogP contribution in [-0.4, -0.2) is 13.1 Å². The summed E-state index contributed by atoms with van der Waals surface area (Å²) in [5.41, 5.74) is 2.65. The molecule has 0 spiro atoms. The molecule has 0 heterocycles. The molecule has 1 aromatic carbocycles. The van der Waals surface area contributed by atoms with E-state index < -0.39 is 0 Å². The normalized spacial score (nSPS) is 9.85. The van der Waals surface area contributed by atoms with E-state index in [-0.39, 0.29) is 5.97 Å². The molecule has 0 amide bonds. The molecule has 1 rings (SSSR count). The summed E-state index contributed by atoms with van der Waals surface area (Å²) >= 11 is 3.42. The van der Waals surface area contributed by atoms with Crippen molar-refractivity contribution in [1.82, 2.24) is 0 Å². The van der Waals surface area contributed by atoms with Gasteiger partial charge in [-0.2, -0.15) is 0 Å². The molecule has 0 aliphatic heterocycles. The van der Waals surface area contributed by atoms with E-state index >= 15 is 0 Å². The number of carbonyl (C=O) groups excluding carboxylic acids is 1. The summed E-state index contributed by atoms with van der Waals surface area (Å²) in [4.78, 5) is 11.3. The summed E-state index contributed by atoms with van der Waals surface area (Å²) in [6.07, 6.45) is 0. The molecule has 0 saturated carbocycles. The Balaban J connectivity index is 3.26. The van der Waals surface area contributed by atoms with Crippen molar-refractivity contribution in [3.63, 3.8) is 0 Å². The number of hydrogen-bond acceptors (Lipinski definition) is 2. The maximum Gasteiger partial charge on any atom is 0.338 e. The Bertz CT molecular complexity index is 345. The summed E-state index contributed by atoms with van der Waals surface area (Å²) in [5, 5.41) is 0. The van der Waals surface area contributed by atoms with E-state index in [0.717, 1.165) is 15.6 Å². The van der Waals surface area contributed by atoms with E-state index in [0.29, 0.717) is 5.56 Å². The molecule has 13 heavy (non-hydrogen) atoms. The molecule has 0 fully saturated rings. The second-order valence-electron chi connectivity index (χ2n) is 2.86. The van der Waals surface area contributed by atoms with Crippen LogP contribution in [0.4, 0.5) is 0 Å². The highest BCUT2D eigenvalue weighted by Gasteiger charge is 2.11.